The van der Waals surface area contributed by atoms with Crippen molar-refractivity contribution in [1.29, 1.82) is 0 Å². The molecule has 1 aliphatic heterocycles. The number of nitrogens with one attached hydrogen (secondary N) is 1. The highest BCUT2D eigenvalue weighted by Crippen LogP contribution is 2.18. The Kier molecular flexibility index (Phi) is 7.90. The molecule has 5 nitrogen and oxygen atoms in total. The van der Waals surface area contributed by atoms with Gasteiger partial charge < -0.3 is 19.9 Å². The summed E-state index contributed by atoms with van der Waals surface area (Å²) in [6, 6.07) is 9.52. The zero-order chi connectivity index (χ0) is 16.3. The van der Waals surface area contributed by atoms with Gasteiger partial charge in [-0.25, -0.2) is 4.79 Å². The van der Waals surface area contributed by atoms with E-state index >= 15 is 0 Å². The third-order valence-electron chi connectivity index (χ3n) is 3.91. The maximum absolute atomic E-state index is 11.5. The van der Waals surface area contributed by atoms with Crippen LogP contribution in [0.3, 0.4) is 0 Å². The van der Waals surface area contributed by atoms with Crippen molar-refractivity contribution in [2.75, 3.05) is 13.2 Å². The largest absolute Gasteiger partial charge is 0.445 e. The first-order valence-corrected chi connectivity index (χ1v) is 8.48. The van der Waals surface area contributed by atoms with E-state index in [-0.39, 0.29) is 13.2 Å². The number of benzene rings is 1. The highest BCUT2D eigenvalue weighted by Gasteiger charge is 2.20. The molecule has 1 heterocycles. The molecule has 0 aromatic heterocycles. The first-order valence-electron chi connectivity index (χ1n) is 8.48. The van der Waals surface area contributed by atoms with Crippen molar-refractivity contribution >= 4 is 6.09 Å². The second kappa shape index (κ2) is 10.2. The minimum absolute atomic E-state index is 0.240. The molecule has 0 aliphatic carbocycles. The smallest absolute Gasteiger partial charge is 0.407 e. The predicted molar refractivity (Wildman–Crippen MR) is 88.1 cm³/mol. The number of hydrogen-bond acceptors (Lipinski definition) is 4. The summed E-state index contributed by atoms with van der Waals surface area (Å²) in [7, 11) is 0. The topological polar surface area (TPSA) is 71.1 Å². The highest BCUT2D eigenvalue weighted by atomic mass is 16.6. The van der Waals surface area contributed by atoms with Crippen LogP contribution in [0.15, 0.2) is 30.3 Å². The molecule has 5 heteroatoms. The molecule has 2 atom stereocenters. The molecule has 23 heavy (non-hydrogen) atoms. The first-order chi connectivity index (χ1) is 11.2. The molecule has 0 saturated carbocycles. The Morgan fingerprint density at radius 2 is 2.00 bits per heavy atom. The number of aliphatic hydroxyl groups excluding tert-OH is 1. The Hall–Kier alpha value is -1.59. The van der Waals surface area contributed by atoms with E-state index in [0.717, 1.165) is 31.4 Å². The minimum atomic E-state index is -0.508. The van der Waals surface area contributed by atoms with Gasteiger partial charge >= 0.3 is 6.09 Å². The van der Waals surface area contributed by atoms with Gasteiger partial charge in [-0.3, -0.25) is 0 Å². The zero-order valence-electron chi connectivity index (χ0n) is 13.6. The normalized spacial score (nSPS) is 17.5. The molecule has 2 N–H and O–H groups in total. The number of alkyl carbamates (subject to hydrolysis) is 1. The Bertz CT molecular complexity index is 448. The lowest BCUT2D eigenvalue weighted by atomic mass is 10.1. The number of epoxide rings is 1. The number of rotatable bonds is 11. The third-order valence-corrected chi connectivity index (χ3v) is 3.91. The molecule has 1 aromatic rings. The van der Waals surface area contributed by atoms with Crippen LogP contribution in [0, 0.1) is 0 Å². The van der Waals surface area contributed by atoms with Gasteiger partial charge in [0.05, 0.1) is 18.8 Å². The quantitative estimate of drug-likeness (QED) is 0.485. The summed E-state index contributed by atoms with van der Waals surface area (Å²) in [5, 5.41) is 12.4. The molecule has 1 amide bonds. The number of unbranched alkanes of at least 4 members (excludes halogenated alkanes) is 3. The van der Waals surface area contributed by atoms with Gasteiger partial charge in [-0.1, -0.05) is 56.0 Å². The van der Waals surface area contributed by atoms with Gasteiger partial charge in [0.1, 0.15) is 6.61 Å². The number of hydrogen-bond donors (Lipinski definition) is 2. The Morgan fingerprint density at radius 1 is 1.26 bits per heavy atom. The summed E-state index contributed by atoms with van der Waals surface area (Å²) in [5.41, 5.74) is 0.944. The van der Waals surface area contributed by atoms with Crippen LogP contribution in [0.25, 0.3) is 0 Å². The monoisotopic (exact) mass is 321 g/mol. The fourth-order valence-electron chi connectivity index (χ4n) is 2.42. The number of carbonyl (C=O) groups excluding carboxylic acids is 1. The van der Waals surface area contributed by atoms with E-state index < -0.39 is 12.2 Å². The number of ether oxygens (including phenoxy) is 2. The van der Waals surface area contributed by atoms with Crippen molar-refractivity contribution in [2.24, 2.45) is 0 Å². The van der Waals surface area contributed by atoms with Crippen LogP contribution in [-0.2, 0) is 16.1 Å². The average molecular weight is 321 g/mol. The van der Waals surface area contributed by atoms with Gasteiger partial charge in [0.15, 0.2) is 0 Å². The van der Waals surface area contributed by atoms with Gasteiger partial charge in [-0.15, -0.1) is 0 Å². The molecule has 0 unspecified atom stereocenters. The number of aliphatic hydroxyl groups is 1. The second-order valence-electron chi connectivity index (χ2n) is 6.04. The van der Waals surface area contributed by atoms with Crippen LogP contribution in [0.1, 0.15) is 44.1 Å². The molecule has 0 radical (unpaired) electrons. The van der Waals surface area contributed by atoms with E-state index in [9.17, 15) is 9.90 Å². The van der Waals surface area contributed by atoms with E-state index in [0.29, 0.717) is 12.5 Å². The van der Waals surface area contributed by atoms with E-state index in [1.807, 2.05) is 30.3 Å². The Labute approximate surface area is 138 Å². The van der Waals surface area contributed by atoms with Gasteiger partial charge in [-0.05, 0) is 18.4 Å². The molecule has 1 fully saturated rings. The van der Waals surface area contributed by atoms with Gasteiger partial charge in [-0.2, -0.15) is 0 Å². The number of amides is 1. The van der Waals surface area contributed by atoms with Gasteiger partial charge in [0.2, 0.25) is 0 Å². The SMILES string of the molecule is O=C(NC[C@@H](O)CCCCCC[C@@H]1CO1)OCc1ccccc1. The lowest BCUT2D eigenvalue weighted by Crippen LogP contribution is -2.32. The van der Waals surface area contributed by atoms with E-state index in [4.69, 9.17) is 9.47 Å². The van der Waals surface area contributed by atoms with Crippen molar-refractivity contribution < 1.29 is 19.4 Å². The lowest BCUT2D eigenvalue weighted by molar-refractivity contribution is 0.122. The van der Waals surface area contributed by atoms with Gasteiger partial charge in [0, 0.05) is 6.54 Å². The minimum Gasteiger partial charge on any atom is -0.445 e. The average Bonchev–Trinajstić information content (AvgIpc) is 3.39. The second-order valence-corrected chi connectivity index (χ2v) is 6.04. The lowest BCUT2D eigenvalue weighted by Gasteiger charge is -2.12. The van der Waals surface area contributed by atoms with Crippen molar-refractivity contribution in [3.05, 3.63) is 35.9 Å². The highest BCUT2D eigenvalue weighted by molar-refractivity contribution is 5.67. The molecule has 128 valence electrons. The molecule has 0 spiro atoms. The Morgan fingerprint density at radius 3 is 2.74 bits per heavy atom. The van der Waals surface area contributed by atoms with Crippen LogP contribution >= 0.6 is 0 Å². The third kappa shape index (κ3) is 8.57. The molecule has 0 bridgehead atoms. The molecule has 1 aliphatic rings. The summed E-state index contributed by atoms with van der Waals surface area (Å²) < 4.78 is 10.3. The fraction of sp³-hybridized carbons (Fsp3) is 0.611. The molecular formula is C18H27NO4. The summed E-state index contributed by atoms with van der Waals surface area (Å²) in [6.45, 7) is 1.42. The summed E-state index contributed by atoms with van der Waals surface area (Å²) in [5.74, 6) is 0. The van der Waals surface area contributed by atoms with Crippen molar-refractivity contribution in [2.45, 2.75) is 57.3 Å². The van der Waals surface area contributed by atoms with Crippen LogP contribution in [0.5, 0.6) is 0 Å². The number of carbonyl (C=O) groups is 1. The predicted octanol–water partition coefficient (Wildman–Crippen LogP) is 3.01. The zero-order valence-corrected chi connectivity index (χ0v) is 13.6. The van der Waals surface area contributed by atoms with E-state index in [2.05, 4.69) is 5.32 Å². The van der Waals surface area contributed by atoms with Crippen LogP contribution in [0.2, 0.25) is 0 Å². The summed E-state index contributed by atoms with van der Waals surface area (Å²) >= 11 is 0. The summed E-state index contributed by atoms with van der Waals surface area (Å²) in [4.78, 5) is 11.5. The van der Waals surface area contributed by atoms with Crippen molar-refractivity contribution in [3.63, 3.8) is 0 Å². The maximum Gasteiger partial charge on any atom is 0.407 e. The first kappa shape index (κ1) is 17.8. The molecule has 1 aromatic carbocycles. The Balaban J connectivity index is 1.43. The standard InChI is InChI=1S/C18H27NO4/c20-16(10-6-1-2-7-11-17-14-22-17)12-19-18(21)23-13-15-8-4-3-5-9-15/h3-5,8-9,16-17,20H,1-2,6-7,10-14H2,(H,19,21)/t16-,17+/m0/s1. The van der Waals surface area contributed by atoms with E-state index in [1.165, 1.54) is 12.8 Å². The fourth-order valence-corrected chi connectivity index (χ4v) is 2.42. The van der Waals surface area contributed by atoms with Crippen molar-refractivity contribution in [1.82, 2.24) is 5.32 Å². The van der Waals surface area contributed by atoms with E-state index in [1.54, 1.807) is 0 Å². The van der Waals surface area contributed by atoms with Crippen LogP contribution in [-0.4, -0.2) is 36.6 Å². The molecule has 1 saturated heterocycles. The van der Waals surface area contributed by atoms with Crippen molar-refractivity contribution in [3.8, 4) is 0 Å². The summed E-state index contributed by atoms with van der Waals surface area (Å²) in [6.07, 6.45) is 5.87. The maximum atomic E-state index is 11.5. The molecular weight excluding hydrogens is 294 g/mol. The van der Waals surface area contributed by atoms with Crippen LogP contribution in [0.4, 0.5) is 4.79 Å². The van der Waals surface area contributed by atoms with Gasteiger partial charge in [0.25, 0.3) is 0 Å². The van der Waals surface area contributed by atoms with Crippen LogP contribution < -0.4 is 5.32 Å². The molecule has 2 rings (SSSR count).